The molecule has 0 aliphatic rings. The number of aliphatic hydroxyl groups excluding tert-OH is 1. The van der Waals surface area contributed by atoms with Crippen LogP contribution in [0.25, 0.3) is 0 Å². The fraction of sp³-hybridized carbons (Fsp3) is 0.286. The summed E-state index contributed by atoms with van der Waals surface area (Å²) < 4.78 is 5.32. The van der Waals surface area contributed by atoms with Gasteiger partial charge in [0.1, 0.15) is 17.5 Å². The minimum Gasteiger partial charge on any atom is -0.496 e. The maximum absolute atomic E-state index is 9.05. The summed E-state index contributed by atoms with van der Waals surface area (Å²) in [6.07, 6.45) is 0.598. The van der Waals surface area contributed by atoms with E-state index in [0.29, 0.717) is 17.4 Å². The van der Waals surface area contributed by atoms with E-state index in [9.17, 15) is 0 Å². The lowest BCUT2D eigenvalue weighted by molar-refractivity contribution is 0.271. The number of hydrogen-bond acceptors (Lipinski definition) is 4. The van der Waals surface area contributed by atoms with Gasteiger partial charge in [0.2, 0.25) is 0 Å². The number of halogens is 1. The molecule has 0 saturated heterocycles. The van der Waals surface area contributed by atoms with Crippen LogP contribution in [0.5, 0.6) is 5.75 Å². The minimum absolute atomic E-state index is 0.213. The van der Waals surface area contributed by atoms with Crippen molar-refractivity contribution in [1.82, 2.24) is 9.97 Å². The maximum Gasteiger partial charge on any atom is 0.155 e. The average Bonchev–Trinajstić information content (AvgIpc) is 2.43. The Morgan fingerprint density at radius 1 is 1.26 bits per heavy atom. The smallest absolute Gasteiger partial charge is 0.155 e. The normalized spacial score (nSPS) is 10.5. The number of benzene rings is 1. The predicted octanol–water partition coefficient (Wildman–Crippen LogP) is 2.53. The summed E-state index contributed by atoms with van der Waals surface area (Å²) in [5, 5.41) is 9.42. The zero-order valence-electron chi connectivity index (χ0n) is 10.9. The van der Waals surface area contributed by atoms with Crippen molar-refractivity contribution in [2.75, 3.05) is 7.11 Å². The van der Waals surface area contributed by atoms with Gasteiger partial charge in [-0.05, 0) is 18.6 Å². The Hall–Kier alpha value is -1.65. The molecule has 1 aromatic heterocycles. The van der Waals surface area contributed by atoms with E-state index in [1.54, 1.807) is 7.11 Å². The van der Waals surface area contributed by atoms with E-state index in [1.807, 2.05) is 31.2 Å². The second-order valence-electron chi connectivity index (χ2n) is 4.14. The second-order valence-corrected chi connectivity index (χ2v) is 4.50. The van der Waals surface area contributed by atoms with Crippen LogP contribution in [0.15, 0.2) is 24.3 Å². The minimum atomic E-state index is -0.213. The third-order valence-corrected chi connectivity index (χ3v) is 3.22. The summed E-state index contributed by atoms with van der Waals surface area (Å²) in [5.41, 5.74) is 2.65. The first-order chi connectivity index (χ1) is 9.15. The van der Waals surface area contributed by atoms with E-state index < -0.39 is 0 Å². The van der Waals surface area contributed by atoms with E-state index in [0.717, 1.165) is 22.6 Å². The Morgan fingerprint density at radius 3 is 2.63 bits per heavy atom. The summed E-state index contributed by atoms with van der Waals surface area (Å²) in [7, 11) is 1.64. The number of ether oxygens (including phenoxy) is 1. The van der Waals surface area contributed by atoms with E-state index in [4.69, 9.17) is 21.4 Å². The highest BCUT2D eigenvalue weighted by atomic mass is 35.5. The van der Waals surface area contributed by atoms with E-state index in [2.05, 4.69) is 9.97 Å². The Bertz CT molecular complexity index is 564. The van der Waals surface area contributed by atoms with Gasteiger partial charge in [-0.25, -0.2) is 9.97 Å². The van der Waals surface area contributed by atoms with E-state index >= 15 is 0 Å². The standard InChI is InChI=1S/C14H15ClN2O2/c1-9-11(14(15)17-13(8-18)16-9)7-10-5-3-4-6-12(10)19-2/h3-6,18H,7-8H2,1-2H3. The van der Waals surface area contributed by atoms with E-state index in [1.165, 1.54) is 0 Å². The van der Waals surface area contributed by atoms with Crippen molar-refractivity contribution < 1.29 is 9.84 Å². The van der Waals surface area contributed by atoms with Crippen LogP contribution in [0.2, 0.25) is 5.15 Å². The molecular weight excluding hydrogens is 264 g/mol. The molecule has 0 unspecified atom stereocenters. The number of methoxy groups -OCH3 is 1. The molecule has 1 N–H and O–H groups in total. The molecule has 0 spiro atoms. The molecule has 19 heavy (non-hydrogen) atoms. The first-order valence-electron chi connectivity index (χ1n) is 5.90. The van der Waals surface area contributed by atoms with Crippen molar-refractivity contribution in [3.63, 3.8) is 0 Å². The number of aliphatic hydroxyl groups is 1. The van der Waals surface area contributed by atoms with Crippen LogP contribution in [-0.4, -0.2) is 22.2 Å². The van der Waals surface area contributed by atoms with Gasteiger partial charge in [0.25, 0.3) is 0 Å². The number of nitrogens with zero attached hydrogens (tertiary/aromatic N) is 2. The highest BCUT2D eigenvalue weighted by Gasteiger charge is 2.12. The second kappa shape index (κ2) is 5.99. The third-order valence-electron chi connectivity index (χ3n) is 2.91. The lowest BCUT2D eigenvalue weighted by Crippen LogP contribution is -2.04. The molecule has 5 heteroatoms. The molecule has 0 bridgehead atoms. The van der Waals surface area contributed by atoms with Crippen LogP contribution in [0.4, 0.5) is 0 Å². The summed E-state index contributed by atoms with van der Waals surface area (Å²) in [6, 6.07) is 7.75. The highest BCUT2D eigenvalue weighted by molar-refractivity contribution is 6.30. The summed E-state index contributed by atoms with van der Waals surface area (Å²) >= 11 is 6.16. The van der Waals surface area contributed by atoms with Gasteiger partial charge in [0, 0.05) is 17.7 Å². The Morgan fingerprint density at radius 2 is 2.00 bits per heavy atom. The lowest BCUT2D eigenvalue weighted by atomic mass is 10.0. The maximum atomic E-state index is 9.05. The molecule has 0 atom stereocenters. The molecule has 0 radical (unpaired) electrons. The van der Waals surface area contributed by atoms with Crippen LogP contribution in [-0.2, 0) is 13.0 Å². The molecular formula is C14H15ClN2O2. The van der Waals surface area contributed by atoms with Gasteiger partial charge < -0.3 is 9.84 Å². The van der Waals surface area contributed by atoms with Crippen molar-refractivity contribution >= 4 is 11.6 Å². The van der Waals surface area contributed by atoms with Crippen LogP contribution in [0.3, 0.4) is 0 Å². The monoisotopic (exact) mass is 278 g/mol. The zero-order chi connectivity index (χ0) is 13.8. The molecule has 1 aromatic carbocycles. The highest BCUT2D eigenvalue weighted by Crippen LogP contribution is 2.25. The molecule has 100 valence electrons. The van der Waals surface area contributed by atoms with Crippen molar-refractivity contribution in [1.29, 1.82) is 0 Å². The molecule has 4 nitrogen and oxygen atoms in total. The topological polar surface area (TPSA) is 55.2 Å². The van der Waals surface area contributed by atoms with Gasteiger partial charge in [0.05, 0.1) is 7.11 Å². The fourth-order valence-electron chi connectivity index (χ4n) is 1.93. The largest absolute Gasteiger partial charge is 0.496 e. The van der Waals surface area contributed by atoms with Crippen molar-refractivity contribution in [2.24, 2.45) is 0 Å². The average molecular weight is 279 g/mol. The van der Waals surface area contributed by atoms with Gasteiger partial charge in [-0.3, -0.25) is 0 Å². The summed E-state index contributed by atoms with van der Waals surface area (Å²) in [5.74, 6) is 1.15. The molecule has 0 aliphatic carbocycles. The van der Waals surface area contributed by atoms with Gasteiger partial charge in [-0.2, -0.15) is 0 Å². The Balaban J connectivity index is 2.38. The first kappa shape index (κ1) is 13.8. The van der Waals surface area contributed by atoms with E-state index in [-0.39, 0.29) is 6.61 Å². The number of para-hydroxylation sites is 1. The van der Waals surface area contributed by atoms with Crippen molar-refractivity contribution in [3.8, 4) is 5.75 Å². The van der Waals surface area contributed by atoms with Gasteiger partial charge in [-0.15, -0.1) is 0 Å². The van der Waals surface area contributed by atoms with Gasteiger partial charge >= 0.3 is 0 Å². The SMILES string of the molecule is COc1ccccc1Cc1c(C)nc(CO)nc1Cl. The molecule has 0 saturated carbocycles. The first-order valence-corrected chi connectivity index (χ1v) is 6.28. The Labute approximate surface area is 117 Å². The molecule has 1 heterocycles. The zero-order valence-corrected chi connectivity index (χ0v) is 11.6. The molecule has 2 rings (SSSR count). The Kier molecular flexibility index (Phi) is 4.35. The number of rotatable bonds is 4. The van der Waals surface area contributed by atoms with Crippen LogP contribution < -0.4 is 4.74 Å². The lowest BCUT2D eigenvalue weighted by Gasteiger charge is -2.11. The van der Waals surface area contributed by atoms with Crippen molar-refractivity contribution in [2.45, 2.75) is 20.0 Å². The molecule has 2 aromatic rings. The number of hydrogen-bond donors (Lipinski definition) is 1. The molecule has 0 aliphatic heterocycles. The quantitative estimate of drug-likeness (QED) is 0.873. The number of aromatic nitrogens is 2. The summed E-state index contributed by atoms with van der Waals surface area (Å²) in [6.45, 7) is 1.65. The van der Waals surface area contributed by atoms with Crippen LogP contribution in [0, 0.1) is 6.92 Å². The van der Waals surface area contributed by atoms with Crippen LogP contribution >= 0.6 is 11.6 Å². The fourth-order valence-corrected chi connectivity index (χ4v) is 2.23. The summed E-state index contributed by atoms with van der Waals surface area (Å²) in [4.78, 5) is 8.29. The van der Waals surface area contributed by atoms with Gasteiger partial charge in [0.15, 0.2) is 5.82 Å². The molecule has 0 fully saturated rings. The predicted molar refractivity (Wildman–Crippen MR) is 73.5 cm³/mol. The third kappa shape index (κ3) is 3.03. The van der Waals surface area contributed by atoms with Crippen molar-refractivity contribution in [3.05, 3.63) is 52.1 Å². The molecule has 0 amide bonds. The number of aryl methyl sites for hydroxylation is 1. The van der Waals surface area contributed by atoms with Gasteiger partial charge in [-0.1, -0.05) is 29.8 Å². The van der Waals surface area contributed by atoms with Crippen LogP contribution in [0.1, 0.15) is 22.6 Å².